The minimum absolute atomic E-state index is 0.252. The number of carbonyl (C=O) groups excluding carboxylic acids is 2. The smallest absolute Gasteiger partial charge is 0.259 e. The van der Waals surface area contributed by atoms with E-state index in [1.807, 2.05) is 24.3 Å². The molecule has 0 radical (unpaired) electrons. The number of piperidine rings is 1. The molecule has 0 spiro atoms. The molecule has 1 fully saturated rings. The lowest BCUT2D eigenvalue weighted by Gasteiger charge is -2.28. The Kier molecular flexibility index (Phi) is 5.70. The van der Waals surface area contributed by atoms with Crippen molar-refractivity contribution in [3.05, 3.63) is 71.8 Å². The number of nitrogens with one attached hydrogen (secondary N) is 2. The van der Waals surface area contributed by atoms with Crippen LogP contribution >= 0.6 is 0 Å². The third kappa shape index (κ3) is 3.92. The number of imide groups is 1. The lowest BCUT2D eigenvalue weighted by molar-refractivity contribution is -0.122. The van der Waals surface area contributed by atoms with Crippen molar-refractivity contribution < 1.29 is 19.1 Å². The lowest BCUT2D eigenvalue weighted by atomic mass is 9.95. The first-order chi connectivity index (χ1) is 17.5. The third-order valence-electron chi connectivity index (χ3n) is 7.23. The van der Waals surface area contributed by atoms with Crippen LogP contribution in [0.4, 0.5) is 4.39 Å². The number of aliphatic hydroxyl groups is 1. The predicted octanol–water partition coefficient (Wildman–Crippen LogP) is 3.68. The number of H-pyrrole nitrogens is 1. The van der Waals surface area contributed by atoms with Crippen LogP contribution in [0.15, 0.2) is 54.9 Å². The zero-order chi connectivity index (χ0) is 24.8. The third-order valence-corrected chi connectivity index (χ3v) is 7.23. The molecule has 1 saturated heterocycles. The van der Waals surface area contributed by atoms with E-state index in [9.17, 15) is 19.1 Å². The molecular weight excluding hydrogens is 459 g/mol. The molecule has 2 aliphatic rings. The van der Waals surface area contributed by atoms with Crippen LogP contribution in [-0.4, -0.2) is 57.1 Å². The second-order valence-corrected chi connectivity index (χ2v) is 9.65. The molecule has 184 valence electrons. The van der Waals surface area contributed by atoms with Gasteiger partial charge in [0.05, 0.1) is 22.8 Å². The molecule has 1 atom stereocenters. The minimum Gasteiger partial charge on any atom is -0.390 e. The van der Waals surface area contributed by atoms with Crippen molar-refractivity contribution in [2.24, 2.45) is 0 Å². The Morgan fingerprint density at radius 2 is 1.67 bits per heavy atom. The van der Waals surface area contributed by atoms with E-state index in [4.69, 9.17) is 0 Å². The van der Waals surface area contributed by atoms with Gasteiger partial charge in [-0.2, -0.15) is 0 Å². The van der Waals surface area contributed by atoms with Gasteiger partial charge < -0.3 is 19.6 Å². The van der Waals surface area contributed by atoms with Crippen molar-refractivity contribution in [3.63, 3.8) is 0 Å². The molecule has 4 aromatic rings. The number of β-amino-alcohol motifs (C(OH)–C–C–N with tert-alkyl or cyclic N) is 1. The molecule has 2 aliphatic heterocycles. The summed E-state index contributed by atoms with van der Waals surface area (Å²) in [4.78, 5) is 31.5. The molecular formula is C28H27FN4O3. The summed E-state index contributed by atoms with van der Waals surface area (Å²) in [6, 6.07) is 12.0. The van der Waals surface area contributed by atoms with Crippen LogP contribution in [0.25, 0.3) is 33.0 Å². The molecule has 0 saturated carbocycles. The van der Waals surface area contributed by atoms with E-state index in [-0.39, 0.29) is 17.7 Å². The molecule has 0 aliphatic carbocycles. The van der Waals surface area contributed by atoms with Gasteiger partial charge in [0.2, 0.25) is 0 Å². The number of aromatic nitrogens is 2. The van der Waals surface area contributed by atoms with Crippen molar-refractivity contribution in [1.82, 2.24) is 19.8 Å². The molecule has 36 heavy (non-hydrogen) atoms. The summed E-state index contributed by atoms with van der Waals surface area (Å²) in [5.74, 6) is -1.36. The predicted molar refractivity (Wildman–Crippen MR) is 136 cm³/mol. The second-order valence-electron chi connectivity index (χ2n) is 9.65. The Balaban J connectivity index is 1.46. The minimum atomic E-state index is -0.657. The maximum Gasteiger partial charge on any atom is 0.259 e. The normalized spacial score (nSPS) is 17.9. The summed E-state index contributed by atoms with van der Waals surface area (Å²) in [6.45, 7) is 2.72. The molecule has 2 aromatic heterocycles. The van der Waals surface area contributed by atoms with Crippen molar-refractivity contribution in [2.45, 2.75) is 31.9 Å². The highest BCUT2D eigenvalue weighted by atomic mass is 19.1. The van der Waals surface area contributed by atoms with Gasteiger partial charge in [0, 0.05) is 52.9 Å². The van der Waals surface area contributed by atoms with Crippen molar-refractivity contribution in [1.29, 1.82) is 0 Å². The summed E-state index contributed by atoms with van der Waals surface area (Å²) in [5.41, 5.74) is 3.15. The van der Waals surface area contributed by atoms with Crippen LogP contribution in [0, 0.1) is 5.82 Å². The SMILES string of the molecule is O=C1NC(=O)C(c2cn(CC(O)CN3CCCCC3)c3cc(F)ccc23)=C1c1c[nH]c2ccccc12. The Morgan fingerprint density at radius 1 is 0.917 bits per heavy atom. The molecule has 7 nitrogen and oxygen atoms in total. The van der Waals surface area contributed by atoms with Gasteiger partial charge in [-0.25, -0.2) is 4.39 Å². The highest BCUT2D eigenvalue weighted by Crippen LogP contribution is 2.38. The number of rotatable bonds is 6. The van der Waals surface area contributed by atoms with Gasteiger partial charge in [-0.3, -0.25) is 14.9 Å². The van der Waals surface area contributed by atoms with E-state index >= 15 is 0 Å². The van der Waals surface area contributed by atoms with E-state index < -0.39 is 23.7 Å². The van der Waals surface area contributed by atoms with E-state index in [0.29, 0.717) is 28.6 Å². The summed E-state index contributed by atoms with van der Waals surface area (Å²) in [5, 5.41) is 14.8. The first kappa shape index (κ1) is 22.7. The molecule has 8 heteroatoms. The van der Waals surface area contributed by atoms with Crippen molar-refractivity contribution >= 4 is 44.8 Å². The lowest BCUT2D eigenvalue weighted by Crippen LogP contribution is -2.37. The first-order valence-electron chi connectivity index (χ1n) is 12.4. The standard InChI is InChI=1S/C28H27FN4O3/c29-17-8-9-20-22(16-33(24(20)12-17)15-18(34)14-32-10-4-1-5-11-32)26-25(27(35)31-28(26)36)21-13-30-23-7-3-2-6-19(21)23/h2-3,6-9,12-13,16,18,30,34H,1,4-5,10-11,14-15H2,(H,31,35,36). The number of aliphatic hydroxyl groups excluding tert-OH is 1. The number of amides is 2. The highest BCUT2D eigenvalue weighted by Gasteiger charge is 2.35. The van der Waals surface area contributed by atoms with Crippen molar-refractivity contribution in [2.75, 3.05) is 19.6 Å². The van der Waals surface area contributed by atoms with E-state index in [1.54, 1.807) is 23.0 Å². The second kappa shape index (κ2) is 9.04. The van der Waals surface area contributed by atoms with Gasteiger partial charge in [0.15, 0.2) is 0 Å². The number of likely N-dealkylation sites (tertiary alicyclic amines) is 1. The van der Waals surface area contributed by atoms with Crippen LogP contribution in [0.5, 0.6) is 0 Å². The van der Waals surface area contributed by atoms with Gasteiger partial charge >= 0.3 is 0 Å². The Bertz CT molecular complexity index is 1530. The number of fused-ring (bicyclic) bond motifs is 2. The summed E-state index contributed by atoms with van der Waals surface area (Å²) in [7, 11) is 0. The molecule has 1 unspecified atom stereocenters. The zero-order valence-electron chi connectivity index (χ0n) is 19.8. The molecule has 2 aromatic carbocycles. The Morgan fingerprint density at radius 3 is 2.47 bits per heavy atom. The Labute approximate surface area is 207 Å². The number of halogens is 1. The van der Waals surface area contributed by atoms with E-state index in [1.165, 1.54) is 18.6 Å². The van der Waals surface area contributed by atoms with Crippen molar-refractivity contribution in [3.8, 4) is 0 Å². The van der Waals surface area contributed by atoms with Gasteiger partial charge in [0.1, 0.15) is 5.82 Å². The maximum atomic E-state index is 14.3. The molecule has 6 rings (SSSR count). The zero-order valence-corrected chi connectivity index (χ0v) is 19.8. The maximum absolute atomic E-state index is 14.3. The molecule has 3 N–H and O–H groups in total. The van der Waals surface area contributed by atoms with Gasteiger partial charge in [-0.05, 0) is 50.2 Å². The average molecular weight is 487 g/mol. The monoisotopic (exact) mass is 486 g/mol. The number of aromatic amines is 1. The fraction of sp³-hybridized carbons (Fsp3) is 0.286. The first-order valence-corrected chi connectivity index (χ1v) is 12.4. The van der Waals surface area contributed by atoms with Crippen LogP contribution in [0.1, 0.15) is 30.4 Å². The van der Waals surface area contributed by atoms with E-state index in [2.05, 4.69) is 15.2 Å². The number of hydrogen-bond donors (Lipinski definition) is 3. The van der Waals surface area contributed by atoms with Crippen LogP contribution in [-0.2, 0) is 16.1 Å². The largest absolute Gasteiger partial charge is 0.390 e. The number of hydrogen-bond acceptors (Lipinski definition) is 4. The highest BCUT2D eigenvalue weighted by molar-refractivity contribution is 6.50. The number of benzene rings is 2. The molecule has 4 heterocycles. The number of para-hydroxylation sites is 1. The average Bonchev–Trinajstić information content (AvgIpc) is 3.52. The Hall–Kier alpha value is -3.75. The molecule has 2 amide bonds. The van der Waals surface area contributed by atoms with Crippen LogP contribution in [0.2, 0.25) is 0 Å². The van der Waals surface area contributed by atoms with Crippen LogP contribution in [0.3, 0.4) is 0 Å². The van der Waals surface area contributed by atoms with Crippen LogP contribution < -0.4 is 5.32 Å². The van der Waals surface area contributed by atoms with E-state index in [0.717, 1.165) is 36.8 Å². The topological polar surface area (TPSA) is 90.4 Å². The summed E-state index contributed by atoms with van der Waals surface area (Å²) >= 11 is 0. The van der Waals surface area contributed by atoms with Gasteiger partial charge in [-0.15, -0.1) is 0 Å². The summed E-state index contributed by atoms with van der Waals surface area (Å²) < 4.78 is 16.1. The fourth-order valence-electron chi connectivity index (χ4n) is 5.59. The quantitative estimate of drug-likeness (QED) is 0.363. The summed E-state index contributed by atoms with van der Waals surface area (Å²) in [6.07, 6.45) is 6.30. The fourth-order valence-corrected chi connectivity index (χ4v) is 5.59. The number of nitrogens with zero attached hydrogens (tertiary/aromatic N) is 2. The molecule has 0 bridgehead atoms. The van der Waals surface area contributed by atoms with Gasteiger partial charge in [-0.1, -0.05) is 24.6 Å². The number of carbonyl (C=O) groups is 2. The van der Waals surface area contributed by atoms with Gasteiger partial charge in [0.25, 0.3) is 11.8 Å².